The molecule has 5 heteroatoms. The van der Waals surface area contributed by atoms with Gasteiger partial charge in [-0.3, -0.25) is 14.5 Å². The van der Waals surface area contributed by atoms with Crippen LogP contribution in [0.15, 0.2) is 48.5 Å². The number of anilines is 2. The monoisotopic (exact) mass is 379 g/mol. The fourth-order valence-corrected chi connectivity index (χ4v) is 3.28. The van der Waals surface area contributed by atoms with Gasteiger partial charge in [0, 0.05) is 37.4 Å². The van der Waals surface area contributed by atoms with Crippen LogP contribution in [0.4, 0.5) is 11.4 Å². The first-order valence-electron chi connectivity index (χ1n) is 9.87. The molecule has 0 atom stereocenters. The van der Waals surface area contributed by atoms with Crippen LogP contribution in [0.2, 0.25) is 0 Å². The van der Waals surface area contributed by atoms with Gasteiger partial charge in [0.2, 0.25) is 11.8 Å². The second kappa shape index (κ2) is 9.02. The summed E-state index contributed by atoms with van der Waals surface area (Å²) >= 11 is 0. The molecule has 0 saturated heterocycles. The lowest BCUT2D eigenvalue weighted by molar-refractivity contribution is -0.120. The van der Waals surface area contributed by atoms with E-state index in [1.54, 1.807) is 11.9 Å². The number of amides is 2. The molecule has 148 valence electrons. The summed E-state index contributed by atoms with van der Waals surface area (Å²) in [6.45, 7) is 4.92. The SMILES string of the molecule is Cc1ccc(C)c(NC(=O)CN(CCC(=O)N(C)c2ccccc2)C2CC2)c1. The number of carbonyl (C=O) groups is 2. The molecule has 1 fully saturated rings. The maximum Gasteiger partial charge on any atom is 0.238 e. The van der Waals surface area contributed by atoms with Gasteiger partial charge in [0.25, 0.3) is 0 Å². The van der Waals surface area contributed by atoms with Crippen molar-refractivity contribution in [1.29, 1.82) is 0 Å². The van der Waals surface area contributed by atoms with E-state index in [1.807, 2.05) is 62.4 Å². The summed E-state index contributed by atoms with van der Waals surface area (Å²) in [5.41, 5.74) is 3.92. The molecule has 2 aromatic carbocycles. The van der Waals surface area contributed by atoms with E-state index in [-0.39, 0.29) is 11.8 Å². The van der Waals surface area contributed by atoms with Gasteiger partial charge in [-0.1, -0.05) is 30.3 Å². The molecular formula is C23H29N3O2. The number of nitrogens with zero attached hydrogens (tertiary/aromatic N) is 2. The predicted molar refractivity (Wildman–Crippen MR) is 114 cm³/mol. The van der Waals surface area contributed by atoms with E-state index in [4.69, 9.17) is 0 Å². The minimum atomic E-state index is -0.0236. The topological polar surface area (TPSA) is 52.7 Å². The fraction of sp³-hybridized carbons (Fsp3) is 0.391. The Hall–Kier alpha value is -2.66. The maximum absolute atomic E-state index is 12.6. The number of nitrogens with one attached hydrogen (secondary N) is 1. The lowest BCUT2D eigenvalue weighted by Gasteiger charge is -2.23. The Morgan fingerprint density at radius 3 is 2.46 bits per heavy atom. The minimum absolute atomic E-state index is 0.0236. The van der Waals surface area contributed by atoms with Crippen molar-refractivity contribution in [2.75, 3.05) is 30.4 Å². The zero-order chi connectivity index (χ0) is 20.1. The third kappa shape index (κ3) is 5.42. The van der Waals surface area contributed by atoms with E-state index in [1.165, 1.54) is 0 Å². The van der Waals surface area contributed by atoms with Crippen molar-refractivity contribution in [3.05, 3.63) is 59.7 Å². The standard InChI is InChI=1S/C23H29N3O2/c1-17-9-10-18(2)21(15-17)24-22(27)16-26(20-11-12-20)14-13-23(28)25(3)19-7-5-4-6-8-19/h4-10,15,20H,11-14,16H2,1-3H3,(H,24,27). The first kappa shape index (κ1) is 20.1. The fourth-order valence-electron chi connectivity index (χ4n) is 3.28. The highest BCUT2D eigenvalue weighted by Crippen LogP contribution is 2.27. The molecule has 0 radical (unpaired) electrons. The molecule has 1 aliphatic rings. The van der Waals surface area contributed by atoms with Crippen LogP contribution in [0, 0.1) is 13.8 Å². The Morgan fingerprint density at radius 2 is 1.79 bits per heavy atom. The number of rotatable bonds is 8. The number of aryl methyl sites for hydroxylation is 2. The average molecular weight is 380 g/mol. The van der Waals surface area contributed by atoms with E-state index in [9.17, 15) is 9.59 Å². The smallest absolute Gasteiger partial charge is 0.238 e. The summed E-state index contributed by atoms with van der Waals surface area (Å²) < 4.78 is 0. The Kier molecular flexibility index (Phi) is 6.47. The first-order chi connectivity index (χ1) is 13.4. The molecule has 1 N–H and O–H groups in total. The molecule has 2 amide bonds. The van der Waals surface area contributed by atoms with Crippen molar-refractivity contribution in [3.8, 4) is 0 Å². The van der Waals surface area contributed by atoms with Crippen LogP contribution in [0.5, 0.6) is 0 Å². The molecule has 0 spiro atoms. The maximum atomic E-state index is 12.6. The highest BCUT2D eigenvalue weighted by molar-refractivity contribution is 5.94. The zero-order valence-corrected chi connectivity index (χ0v) is 16.9. The molecule has 0 aliphatic heterocycles. The van der Waals surface area contributed by atoms with Crippen molar-refractivity contribution < 1.29 is 9.59 Å². The number of benzene rings is 2. The van der Waals surface area contributed by atoms with Gasteiger partial charge in [-0.05, 0) is 56.0 Å². The van der Waals surface area contributed by atoms with Gasteiger partial charge in [0.05, 0.1) is 6.54 Å². The molecule has 1 saturated carbocycles. The zero-order valence-electron chi connectivity index (χ0n) is 16.9. The second-order valence-corrected chi connectivity index (χ2v) is 7.61. The lowest BCUT2D eigenvalue weighted by atomic mass is 10.1. The van der Waals surface area contributed by atoms with Gasteiger partial charge in [-0.2, -0.15) is 0 Å². The van der Waals surface area contributed by atoms with E-state index in [0.717, 1.165) is 35.3 Å². The molecule has 1 aliphatic carbocycles. The van der Waals surface area contributed by atoms with Crippen LogP contribution < -0.4 is 10.2 Å². The van der Waals surface area contributed by atoms with Gasteiger partial charge in [0.15, 0.2) is 0 Å². The third-order valence-corrected chi connectivity index (χ3v) is 5.21. The van der Waals surface area contributed by atoms with E-state index in [2.05, 4.69) is 10.2 Å². The summed E-state index contributed by atoms with van der Waals surface area (Å²) in [4.78, 5) is 28.9. The van der Waals surface area contributed by atoms with Crippen LogP contribution in [0.1, 0.15) is 30.4 Å². The van der Waals surface area contributed by atoms with Gasteiger partial charge >= 0.3 is 0 Å². The van der Waals surface area contributed by atoms with E-state index >= 15 is 0 Å². The summed E-state index contributed by atoms with van der Waals surface area (Å²) in [5, 5.41) is 3.02. The van der Waals surface area contributed by atoms with Crippen LogP contribution in [0.25, 0.3) is 0 Å². The molecular weight excluding hydrogens is 350 g/mol. The van der Waals surface area contributed by atoms with Crippen molar-refractivity contribution in [1.82, 2.24) is 4.90 Å². The normalized spacial score (nSPS) is 13.4. The van der Waals surface area contributed by atoms with Crippen molar-refractivity contribution in [2.24, 2.45) is 0 Å². The Balaban J connectivity index is 1.54. The van der Waals surface area contributed by atoms with Crippen LogP contribution >= 0.6 is 0 Å². The van der Waals surface area contributed by atoms with Gasteiger partial charge in [-0.25, -0.2) is 0 Å². The van der Waals surface area contributed by atoms with Gasteiger partial charge in [0.1, 0.15) is 0 Å². The van der Waals surface area contributed by atoms with E-state index < -0.39 is 0 Å². The molecule has 28 heavy (non-hydrogen) atoms. The van der Waals surface area contributed by atoms with Crippen molar-refractivity contribution in [2.45, 2.75) is 39.2 Å². The minimum Gasteiger partial charge on any atom is -0.325 e. The summed E-state index contributed by atoms with van der Waals surface area (Å²) in [7, 11) is 1.80. The van der Waals surface area contributed by atoms with Crippen molar-refractivity contribution in [3.63, 3.8) is 0 Å². The van der Waals surface area contributed by atoms with E-state index in [0.29, 0.717) is 25.6 Å². The predicted octanol–water partition coefficient (Wildman–Crippen LogP) is 3.76. The molecule has 0 heterocycles. The number of carbonyl (C=O) groups excluding carboxylic acids is 2. The summed E-state index contributed by atoms with van der Waals surface area (Å²) in [5.74, 6) is 0.0382. The number of hydrogen-bond acceptors (Lipinski definition) is 3. The largest absolute Gasteiger partial charge is 0.325 e. The highest BCUT2D eigenvalue weighted by atomic mass is 16.2. The molecule has 0 bridgehead atoms. The molecule has 5 nitrogen and oxygen atoms in total. The summed E-state index contributed by atoms with van der Waals surface area (Å²) in [6.07, 6.45) is 2.59. The molecule has 2 aromatic rings. The quantitative estimate of drug-likeness (QED) is 0.760. The van der Waals surface area contributed by atoms with Gasteiger partial charge < -0.3 is 10.2 Å². The second-order valence-electron chi connectivity index (χ2n) is 7.61. The third-order valence-electron chi connectivity index (χ3n) is 5.21. The number of para-hydroxylation sites is 1. The molecule has 3 rings (SSSR count). The first-order valence-corrected chi connectivity index (χ1v) is 9.87. The molecule has 0 aromatic heterocycles. The van der Waals surface area contributed by atoms with Crippen LogP contribution in [0.3, 0.4) is 0 Å². The average Bonchev–Trinajstić information content (AvgIpc) is 3.53. The summed E-state index contributed by atoms with van der Waals surface area (Å²) in [6, 6.07) is 16.1. The Labute approximate surface area is 167 Å². The highest BCUT2D eigenvalue weighted by Gasteiger charge is 2.30. The van der Waals surface area contributed by atoms with Crippen LogP contribution in [-0.4, -0.2) is 42.9 Å². The van der Waals surface area contributed by atoms with Crippen molar-refractivity contribution >= 4 is 23.2 Å². The Morgan fingerprint density at radius 1 is 1.07 bits per heavy atom. The van der Waals surface area contributed by atoms with Crippen LogP contribution in [-0.2, 0) is 9.59 Å². The Bertz CT molecular complexity index is 831. The molecule has 0 unspecified atom stereocenters. The van der Waals surface area contributed by atoms with Gasteiger partial charge in [-0.15, -0.1) is 0 Å². The number of hydrogen-bond donors (Lipinski definition) is 1. The lowest BCUT2D eigenvalue weighted by Crippen LogP contribution is -2.38.